The molecule has 2 aromatic carbocycles. The average molecular weight is 265 g/mol. The Morgan fingerprint density at radius 2 is 1.95 bits per heavy atom. The average Bonchev–Trinajstić information content (AvgIpc) is 2.90. The topological polar surface area (TPSA) is 29.5 Å². The molecule has 2 aromatic rings. The molecule has 1 fully saturated rings. The van der Waals surface area contributed by atoms with Gasteiger partial charge in [-0.25, -0.2) is 4.79 Å². The summed E-state index contributed by atoms with van der Waals surface area (Å²) in [5.41, 5.74) is 2.88. The van der Waals surface area contributed by atoms with Gasteiger partial charge in [0.25, 0.3) is 0 Å². The van der Waals surface area contributed by atoms with E-state index in [2.05, 4.69) is 6.58 Å². The number of hydrogen-bond donors (Lipinski definition) is 0. The number of anilines is 1. The van der Waals surface area contributed by atoms with Crippen LogP contribution in [0.5, 0.6) is 0 Å². The molecule has 0 aromatic heterocycles. The van der Waals surface area contributed by atoms with Crippen LogP contribution in [-0.2, 0) is 4.74 Å². The second kappa shape index (κ2) is 5.21. The molecule has 0 saturated carbocycles. The van der Waals surface area contributed by atoms with Crippen LogP contribution in [0.3, 0.4) is 0 Å². The van der Waals surface area contributed by atoms with Gasteiger partial charge in [0, 0.05) is 5.69 Å². The molecule has 1 amide bonds. The normalized spacial score (nSPS) is 17.9. The molecule has 1 atom stereocenters. The summed E-state index contributed by atoms with van der Waals surface area (Å²) >= 11 is 0. The van der Waals surface area contributed by atoms with Crippen molar-refractivity contribution in [2.75, 3.05) is 11.5 Å². The Hall–Kier alpha value is -2.55. The summed E-state index contributed by atoms with van der Waals surface area (Å²) in [5.74, 6) is 0. The van der Waals surface area contributed by atoms with E-state index in [-0.39, 0.29) is 12.1 Å². The van der Waals surface area contributed by atoms with Crippen LogP contribution in [0.15, 0.2) is 61.2 Å². The number of nitrogens with zero attached hydrogens (tertiary/aromatic N) is 1. The molecule has 0 bridgehead atoms. The van der Waals surface area contributed by atoms with Gasteiger partial charge in [0.15, 0.2) is 0 Å². The zero-order chi connectivity index (χ0) is 13.9. The highest BCUT2D eigenvalue weighted by molar-refractivity contribution is 5.91. The predicted octanol–water partition coefficient (Wildman–Crippen LogP) is 4.03. The highest BCUT2D eigenvalue weighted by atomic mass is 16.6. The van der Waals surface area contributed by atoms with Gasteiger partial charge in [-0.05, 0) is 23.3 Å². The third kappa shape index (κ3) is 2.18. The molecule has 1 aliphatic rings. The smallest absolute Gasteiger partial charge is 0.415 e. The van der Waals surface area contributed by atoms with Gasteiger partial charge in [-0.15, -0.1) is 0 Å². The van der Waals surface area contributed by atoms with E-state index in [4.69, 9.17) is 4.74 Å². The van der Waals surface area contributed by atoms with Crippen LogP contribution >= 0.6 is 0 Å². The molecule has 0 radical (unpaired) electrons. The van der Waals surface area contributed by atoms with Gasteiger partial charge in [0.1, 0.15) is 6.61 Å². The molecule has 20 heavy (non-hydrogen) atoms. The lowest BCUT2D eigenvalue weighted by Crippen LogP contribution is -2.27. The fourth-order valence-corrected chi connectivity index (χ4v) is 2.43. The van der Waals surface area contributed by atoms with Crippen molar-refractivity contribution < 1.29 is 9.53 Å². The molecule has 0 N–H and O–H groups in total. The van der Waals surface area contributed by atoms with Crippen molar-refractivity contribution >= 4 is 17.9 Å². The second-order valence-electron chi connectivity index (χ2n) is 4.67. The first-order valence-corrected chi connectivity index (χ1v) is 6.53. The van der Waals surface area contributed by atoms with E-state index in [1.165, 1.54) is 0 Å². The summed E-state index contributed by atoms with van der Waals surface area (Å²) in [6, 6.07) is 17.6. The molecule has 1 heterocycles. The van der Waals surface area contributed by atoms with Crippen LogP contribution in [0.2, 0.25) is 0 Å². The van der Waals surface area contributed by atoms with Crippen molar-refractivity contribution in [2.45, 2.75) is 6.04 Å². The van der Waals surface area contributed by atoms with Crippen molar-refractivity contribution in [1.29, 1.82) is 0 Å². The molecule has 1 saturated heterocycles. The zero-order valence-electron chi connectivity index (χ0n) is 11.0. The third-order valence-corrected chi connectivity index (χ3v) is 3.44. The van der Waals surface area contributed by atoms with E-state index in [1.54, 1.807) is 11.0 Å². The van der Waals surface area contributed by atoms with Gasteiger partial charge in [-0.2, -0.15) is 0 Å². The van der Waals surface area contributed by atoms with Crippen molar-refractivity contribution in [3.05, 3.63) is 72.3 Å². The lowest BCUT2D eigenvalue weighted by molar-refractivity contribution is 0.179. The van der Waals surface area contributed by atoms with Gasteiger partial charge < -0.3 is 4.74 Å². The number of rotatable bonds is 3. The first-order chi connectivity index (χ1) is 9.79. The van der Waals surface area contributed by atoms with E-state index in [1.807, 2.05) is 54.6 Å². The second-order valence-corrected chi connectivity index (χ2v) is 4.67. The van der Waals surface area contributed by atoms with Gasteiger partial charge in [-0.3, -0.25) is 4.90 Å². The van der Waals surface area contributed by atoms with Gasteiger partial charge >= 0.3 is 6.09 Å². The van der Waals surface area contributed by atoms with E-state index in [0.29, 0.717) is 6.61 Å². The molecule has 3 heteroatoms. The Morgan fingerprint density at radius 1 is 1.15 bits per heavy atom. The fourth-order valence-electron chi connectivity index (χ4n) is 2.43. The maximum absolute atomic E-state index is 12.0. The maximum Gasteiger partial charge on any atom is 0.415 e. The minimum Gasteiger partial charge on any atom is -0.447 e. The van der Waals surface area contributed by atoms with Crippen LogP contribution in [-0.4, -0.2) is 12.7 Å². The highest BCUT2D eigenvalue weighted by Gasteiger charge is 2.35. The highest BCUT2D eigenvalue weighted by Crippen LogP contribution is 2.33. The van der Waals surface area contributed by atoms with Crippen molar-refractivity contribution in [2.24, 2.45) is 0 Å². The van der Waals surface area contributed by atoms with Crippen LogP contribution in [0.4, 0.5) is 10.5 Å². The van der Waals surface area contributed by atoms with Gasteiger partial charge in [0.2, 0.25) is 0 Å². The predicted molar refractivity (Wildman–Crippen MR) is 79.5 cm³/mol. The van der Waals surface area contributed by atoms with Crippen molar-refractivity contribution in [3.63, 3.8) is 0 Å². The monoisotopic (exact) mass is 265 g/mol. The summed E-state index contributed by atoms with van der Waals surface area (Å²) in [6.07, 6.45) is 1.46. The molecule has 100 valence electrons. The van der Waals surface area contributed by atoms with Crippen LogP contribution in [0.25, 0.3) is 6.08 Å². The van der Waals surface area contributed by atoms with Crippen molar-refractivity contribution in [3.8, 4) is 0 Å². The standard InChI is InChI=1S/C17H15NO2/c1-2-13-7-6-10-15(11-13)18-16(12-20-17(18)19)14-8-4-3-5-9-14/h2-11,16H,1,12H2/t16-/m1/s1. The molecule has 3 nitrogen and oxygen atoms in total. The van der Waals surface area contributed by atoms with Crippen LogP contribution in [0.1, 0.15) is 17.2 Å². The molecule has 0 spiro atoms. The number of hydrogen-bond acceptors (Lipinski definition) is 2. The Bertz CT molecular complexity index is 636. The van der Waals surface area contributed by atoms with E-state index in [0.717, 1.165) is 16.8 Å². The summed E-state index contributed by atoms with van der Waals surface area (Å²) < 4.78 is 5.22. The number of carbonyl (C=O) groups excluding carboxylic acids is 1. The summed E-state index contributed by atoms with van der Waals surface area (Å²) in [4.78, 5) is 13.7. The SMILES string of the molecule is C=Cc1cccc(N2C(=O)OC[C@@H]2c2ccccc2)c1. The summed E-state index contributed by atoms with van der Waals surface area (Å²) in [7, 11) is 0. The lowest BCUT2D eigenvalue weighted by atomic mass is 10.1. The Labute approximate surface area is 118 Å². The summed E-state index contributed by atoms with van der Waals surface area (Å²) in [6.45, 7) is 4.14. The number of amides is 1. The largest absolute Gasteiger partial charge is 0.447 e. The molecule has 3 rings (SSSR count). The Morgan fingerprint density at radius 3 is 2.70 bits per heavy atom. The molecule has 0 unspecified atom stereocenters. The maximum atomic E-state index is 12.0. The molecular weight excluding hydrogens is 250 g/mol. The van der Waals surface area contributed by atoms with E-state index in [9.17, 15) is 4.79 Å². The quantitative estimate of drug-likeness (QED) is 0.838. The van der Waals surface area contributed by atoms with Crippen LogP contribution < -0.4 is 4.90 Å². The number of carbonyl (C=O) groups is 1. The first-order valence-electron chi connectivity index (χ1n) is 6.53. The Balaban J connectivity index is 2.00. The molecule has 0 aliphatic carbocycles. The minimum absolute atomic E-state index is 0.0798. The van der Waals surface area contributed by atoms with E-state index >= 15 is 0 Å². The number of cyclic esters (lactones) is 1. The van der Waals surface area contributed by atoms with E-state index < -0.39 is 0 Å². The zero-order valence-corrected chi connectivity index (χ0v) is 11.0. The molecule has 1 aliphatic heterocycles. The molecular formula is C17H15NO2. The lowest BCUT2D eigenvalue weighted by Gasteiger charge is -2.22. The van der Waals surface area contributed by atoms with Gasteiger partial charge in [0.05, 0.1) is 6.04 Å². The third-order valence-electron chi connectivity index (χ3n) is 3.44. The fraction of sp³-hybridized carbons (Fsp3) is 0.118. The Kier molecular flexibility index (Phi) is 3.25. The van der Waals surface area contributed by atoms with Gasteiger partial charge in [-0.1, -0.05) is 55.1 Å². The van der Waals surface area contributed by atoms with Crippen LogP contribution in [0, 0.1) is 0 Å². The van der Waals surface area contributed by atoms with Crippen molar-refractivity contribution in [1.82, 2.24) is 0 Å². The summed E-state index contributed by atoms with van der Waals surface area (Å²) in [5, 5.41) is 0. The first kappa shape index (κ1) is 12.5. The number of benzene rings is 2. The number of ether oxygens (including phenoxy) is 1. The minimum atomic E-state index is -0.305.